The van der Waals surface area contributed by atoms with Crippen molar-refractivity contribution >= 4 is 55.3 Å². The maximum atomic E-state index is 4.65. The molecule has 0 saturated carbocycles. The van der Waals surface area contributed by atoms with E-state index in [1.54, 1.807) is 11.3 Å². The van der Waals surface area contributed by atoms with Crippen LogP contribution in [0.3, 0.4) is 0 Å². The lowest BCUT2D eigenvalue weighted by molar-refractivity contribution is 1.38. The minimum absolute atomic E-state index is 1.01. The average molecular weight is 421 g/mol. The SMILES string of the molecule is Brc1ccc(-c2csc(/C=C/c3cccc(Br)c3)n2)cc1. The quantitative estimate of drug-likeness (QED) is 0.470. The summed E-state index contributed by atoms with van der Waals surface area (Å²) in [5.41, 5.74) is 3.31. The Labute approximate surface area is 144 Å². The van der Waals surface area contributed by atoms with Gasteiger partial charge in [-0.25, -0.2) is 4.98 Å². The number of hydrogen-bond acceptors (Lipinski definition) is 2. The normalized spacial score (nSPS) is 11.1. The lowest BCUT2D eigenvalue weighted by Gasteiger charge is -1.96. The first-order valence-corrected chi connectivity index (χ1v) is 8.82. The van der Waals surface area contributed by atoms with E-state index in [0.717, 1.165) is 30.8 Å². The molecule has 0 radical (unpaired) electrons. The van der Waals surface area contributed by atoms with Gasteiger partial charge < -0.3 is 0 Å². The second-order valence-electron chi connectivity index (χ2n) is 4.47. The number of hydrogen-bond donors (Lipinski definition) is 0. The van der Waals surface area contributed by atoms with E-state index in [9.17, 15) is 0 Å². The third-order valence-electron chi connectivity index (χ3n) is 2.93. The topological polar surface area (TPSA) is 12.9 Å². The van der Waals surface area contributed by atoms with Gasteiger partial charge in [0.2, 0.25) is 0 Å². The van der Waals surface area contributed by atoms with Crippen molar-refractivity contribution < 1.29 is 0 Å². The molecule has 0 spiro atoms. The minimum atomic E-state index is 1.01. The summed E-state index contributed by atoms with van der Waals surface area (Å²) < 4.78 is 2.16. The second-order valence-corrected chi connectivity index (χ2v) is 7.19. The van der Waals surface area contributed by atoms with E-state index < -0.39 is 0 Å². The fraction of sp³-hybridized carbons (Fsp3) is 0. The van der Waals surface area contributed by atoms with E-state index in [-0.39, 0.29) is 0 Å². The van der Waals surface area contributed by atoms with Crippen LogP contribution in [0.2, 0.25) is 0 Å². The van der Waals surface area contributed by atoms with Gasteiger partial charge in [-0.05, 0) is 35.9 Å². The van der Waals surface area contributed by atoms with Crippen molar-refractivity contribution in [3.63, 3.8) is 0 Å². The van der Waals surface area contributed by atoms with Gasteiger partial charge in [-0.2, -0.15) is 0 Å². The van der Waals surface area contributed by atoms with E-state index in [2.05, 4.69) is 78.6 Å². The molecule has 1 heterocycles. The van der Waals surface area contributed by atoms with Crippen LogP contribution in [0.5, 0.6) is 0 Å². The predicted octanol–water partition coefficient (Wildman–Crippen LogP) is 6.51. The second kappa shape index (κ2) is 6.69. The molecule has 0 aliphatic heterocycles. The molecular formula is C17H11Br2NS. The van der Waals surface area contributed by atoms with Crippen LogP contribution in [-0.4, -0.2) is 4.98 Å². The first kappa shape index (κ1) is 14.7. The Balaban J connectivity index is 1.80. The summed E-state index contributed by atoms with van der Waals surface area (Å²) in [4.78, 5) is 4.65. The van der Waals surface area contributed by atoms with Crippen LogP contribution >= 0.6 is 43.2 Å². The van der Waals surface area contributed by atoms with E-state index in [1.165, 1.54) is 0 Å². The molecule has 3 aromatic rings. The maximum absolute atomic E-state index is 4.65. The Morgan fingerprint density at radius 2 is 1.71 bits per heavy atom. The van der Waals surface area contributed by atoms with Crippen molar-refractivity contribution in [3.05, 3.63) is 73.4 Å². The molecule has 0 unspecified atom stereocenters. The highest BCUT2D eigenvalue weighted by molar-refractivity contribution is 9.10. The molecule has 104 valence electrons. The van der Waals surface area contributed by atoms with E-state index >= 15 is 0 Å². The lowest BCUT2D eigenvalue weighted by Crippen LogP contribution is -1.77. The number of aromatic nitrogens is 1. The zero-order valence-electron chi connectivity index (χ0n) is 11.0. The van der Waals surface area contributed by atoms with E-state index in [1.807, 2.05) is 24.3 Å². The molecule has 0 aliphatic carbocycles. The molecule has 2 aromatic carbocycles. The van der Waals surface area contributed by atoms with Crippen LogP contribution in [0.25, 0.3) is 23.4 Å². The molecule has 0 saturated heterocycles. The minimum Gasteiger partial charge on any atom is -0.237 e. The van der Waals surface area contributed by atoms with Gasteiger partial charge in [0.25, 0.3) is 0 Å². The standard InChI is InChI=1S/C17H11Br2NS/c18-14-7-5-13(6-8-14)16-11-21-17(20-16)9-4-12-2-1-3-15(19)10-12/h1-11H/b9-4+. The summed E-state index contributed by atoms with van der Waals surface area (Å²) in [7, 11) is 0. The van der Waals surface area contributed by atoms with Gasteiger partial charge in [0, 0.05) is 19.9 Å². The Morgan fingerprint density at radius 3 is 2.48 bits per heavy atom. The van der Waals surface area contributed by atoms with Gasteiger partial charge in [0.1, 0.15) is 5.01 Å². The first-order chi connectivity index (χ1) is 10.2. The molecule has 4 heteroatoms. The zero-order chi connectivity index (χ0) is 14.7. The fourth-order valence-electron chi connectivity index (χ4n) is 1.90. The monoisotopic (exact) mass is 419 g/mol. The van der Waals surface area contributed by atoms with Crippen LogP contribution < -0.4 is 0 Å². The molecule has 1 aromatic heterocycles. The Morgan fingerprint density at radius 1 is 0.905 bits per heavy atom. The van der Waals surface area contributed by atoms with Crippen molar-refractivity contribution in [1.82, 2.24) is 4.98 Å². The third kappa shape index (κ3) is 3.90. The highest BCUT2D eigenvalue weighted by Crippen LogP contribution is 2.24. The van der Waals surface area contributed by atoms with Gasteiger partial charge in [-0.3, -0.25) is 0 Å². The summed E-state index contributed by atoms with van der Waals surface area (Å²) in [5.74, 6) is 0. The van der Waals surface area contributed by atoms with Crippen LogP contribution in [0.1, 0.15) is 10.6 Å². The highest BCUT2D eigenvalue weighted by atomic mass is 79.9. The van der Waals surface area contributed by atoms with E-state index in [0.29, 0.717) is 0 Å². The van der Waals surface area contributed by atoms with Crippen molar-refractivity contribution in [2.24, 2.45) is 0 Å². The molecule has 0 amide bonds. The molecule has 21 heavy (non-hydrogen) atoms. The zero-order valence-corrected chi connectivity index (χ0v) is 15.0. The van der Waals surface area contributed by atoms with Gasteiger partial charge in [0.05, 0.1) is 5.69 Å². The summed E-state index contributed by atoms with van der Waals surface area (Å²) in [6.45, 7) is 0. The Kier molecular flexibility index (Phi) is 4.68. The van der Waals surface area contributed by atoms with Crippen molar-refractivity contribution in [3.8, 4) is 11.3 Å². The number of thiazole rings is 1. The fourth-order valence-corrected chi connectivity index (χ4v) is 3.30. The smallest absolute Gasteiger partial charge is 0.116 e. The van der Waals surface area contributed by atoms with Crippen LogP contribution in [0.15, 0.2) is 62.9 Å². The Bertz CT molecular complexity index is 775. The largest absolute Gasteiger partial charge is 0.237 e. The molecule has 1 nitrogen and oxygen atoms in total. The molecule has 0 N–H and O–H groups in total. The molecule has 0 fully saturated rings. The predicted molar refractivity (Wildman–Crippen MR) is 98.3 cm³/mol. The third-order valence-corrected chi connectivity index (χ3v) is 4.76. The number of rotatable bonds is 3. The summed E-state index contributed by atoms with van der Waals surface area (Å²) in [5, 5.41) is 3.09. The van der Waals surface area contributed by atoms with Gasteiger partial charge in [0.15, 0.2) is 0 Å². The van der Waals surface area contributed by atoms with E-state index in [4.69, 9.17) is 0 Å². The summed E-state index contributed by atoms with van der Waals surface area (Å²) in [6.07, 6.45) is 4.13. The molecule has 0 bridgehead atoms. The van der Waals surface area contributed by atoms with Crippen LogP contribution in [0.4, 0.5) is 0 Å². The summed E-state index contributed by atoms with van der Waals surface area (Å²) in [6, 6.07) is 16.4. The van der Waals surface area contributed by atoms with Crippen molar-refractivity contribution in [2.45, 2.75) is 0 Å². The maximum Gasteiger partial charge on any atom is 0.116 e. The summed E-state index contributed by atoms with van der Waals surface area (Å²) >= 11 is 8.58. The molecule has 0 aliphatic rings. The van der Waals surface area contributed by atoms with Gasteiger partial charge in [-0.15, -0.1) is 11.3 Å². The number of benzene rings is 2. The lowest BCUT2D eigenvalue weighted by atomic mass is 10.2. The average Bonchev–Trinajstić information content (AvgIpc) is 2.95. The van der Waals surface area contributed by atoms with Crippen molar-refractivity contribution in [1.29, 1.82) is 0 Å². The number of halogens is 2. The van der Waals surface area contributed by atoms with Gasteiger partial charge >= 0.3 is 0 Å². The Hall–Kier alpha value is -1.23. The molecular weight excluding hydrogens is 410 g/mol. The molecule has 3 rings (SSSR count). The molecule has 0 atom stereocenters. The van der Waals surface area contributed by atoms with Crippen LogP contribution in [0, 0.1) is 0 Å². The number of nitrogens with zero attached hydrogens (tertiary/aromatic N) is 1. The van der Waals surface area contributed by atoms with Crippen LogP contribution in [-0.2, 0) is 0 Å². The highest BCUT2D eigenvalue weighted by Gasteiger charge is 2.02. The van der Waals surface area contributed by atoms with Crippen molar-refractivity contribution in [2.75, 3.05) is 0 Å². The first-order valence-electron chi connectivity index (χ1n) is 6.36. The van der Waals surface area contributed by atoms with Gasteiger partial charge in [-0.1, -0.05) is 62.2 Å².